The molecule has 0 aliphatic heterocycles. The Bertz CT molecular complexity index is 593. The molecule has 0 aliphatic rings. The van der Waals surface area contributed by atoms with Gasteiger partial charge in [-0.2, -0.15) is 0 Å². The van der Waals surface area contributed by atoms with E-state index in [1.807, 2.05) is 13.0 Å². The van der Waals surface area contributed by atoms with Crippen LogP contribution in [0.5, 0.6) is 17.2 Å². The van der Waals surface area contributed by atoms with Crippen molar-refractivity contribution < 1.29 is 19.0 Å². The summed E-state index contributed by atoms with van der Waals surface area (Å²) in [6.07, 6.45) is 0. The van der Waals surface area contributed by atoms with Crippen LogP contribution in [0.25, 0.3) is 0 Å². The van der Waals surface area contributed by atoms with E-state index in [0.29, 0.717) is 29.4 Å². The van der Waals surface area contributed by atoms with E-state index in [1.165, 1.54) is 7.11 Å². The first-order chi connectivity index (χ1) is 9.76. The highest BCUT2D eigenvalue weighted by Gasteiger charge is 2.15. The number of esters is 1. The number of ether oxygens (including phenoxy) is 3. The molecule has 2 aromatic carbocycles. The second kappa shape index (κ2) is 6.61. The van der Waals surface area contributed by atoms with Crippen LogP contribution in [0.2, 0.25) is 0 Å². The fourth-order valence-corrected chi connectivity index (χ4v) is 1.78. The van der Waals surface area contributed by atoms with Crippen LogP contribution in [0.15, 0.2) is 48.5 Å². The Morgan fingerprint density at radius 1 is 0.950 bits per heavy atom. The highest BCUT2D eigenvalue weighted by atomic mass is 16.6. The number of benzene rings is 2. The molecule has 4 heteroatoms. The largest absolute Gasteiger partial charge is 0.496 e. The minimum absolute atomic E-state index is 0.376. The third-order valence-electron chi connectivity index (χ3n) is 2.68. The predicted octanol–water partition coefficient (Wildman–Crippen LogP) is 3.31. The van der Waals surface area contributed by atoms with Gasteiger partial charge in [-0.05, 0) is 31.2 Å². The quantitative estimate of drug-likeness (QED) is 0.618. The summed E-state index contributed by atoms with van der Waals surface area (Å²) in [4.78, 5) is 12.2. The van der Waals surface area contributed by atoms with Crippen LogP contribution >= 0.6 is 0 Å². The maximum absolute atomic E-state index is 12.2. The van der Waals surface area contributed by atoms with Gasteiger partial charge >= 0.3 is 5.97 Å². The monoisotopic (exact) mass is 272 g/mol. The lowest BCUT2D eigenvalue weighted by atomic mass is 10.2. The summed E-state index contributed by atoms with van der Waals surface area (Å²) in [6, 6.07) is 14.0. The van der Waals surface area contributed by atoms with Gasteiger partial charge in [0.1, 0.15) is 11.3 Å². The average molecular weight is 272 g/mol. The molecule has 2 rings (SSSR count). The van der Waals surface area contributed by atoms with E-state index in [9.17, 15) is 4.79 Å². The predicted molar refractivity (Wildman–Crippen MR) is 75.6 cm³/mol. The van der Waals surface area contributed by atoms with E-state index >= 15 is 0 Å². The van der Waals surface area contributed by atoms with Gasteiger partial charge in [-0.25, -0.2) is 4.79 Å². The van der Waals surface area contributed by atoms with Gasteiger partial charge in [-0.1, -0.05) is 24.3 Å². The number of carbonyl (C=O) groups is 1. The van der Waals surface area contributed by atoms with E-state index in [4.69, 9.17) is 14.2 Å². The van der Waals surface area contributed by atoms with Crippen molar-refractivity contribution in [3.63, 3.8) is 0 Å². The molecule has 0 N–H and O–H groups in total. The molecule has 0 saturated heterocycles. The van der Waals surface area contributed by atoms with Gasteiger partial charge in [0.25, 0.3) is 0 Å². The van der Waals surface area contributed by atoms with E-state index in [2.05, 4.69) is 0 Å². The third-order valence-corrected chi connectivity index (χ3v) is 2.68. The van der Waals surface area contributed by atoms with Crippen molar-refractivity contribution in [2.45, 2.75) is 6.92 Å². The highest BCUT2D eigenvalue weighted by Crippen LogP contribution is 2.28. The third kappa shape index (κ3) is 3.09. The number of rotatable bonds is 5. The highest BCUT2D eigenvalue weighted by molar-refractivity contribution is 5.94. The van der Waals surface area contributed by atoms with Crippen LogP contribution in [0.3, 0.4) is 0 Å². The van der Waals surface area contributed by atoms with E-state index in [-0.39, 0.29) is 0 Å². The zero-order valence-electron chi connectivity index (χ0n) is 11.5. The molecule has 2 aromatic rings. The van der Waals surface area contributed by atoms with Crippen molar-refractivity contribution >= 4 is 5.97 Å². The smallest absolute Gasteiger partial charge is 0.347 e. The lowest BCUT2D eigenvalue weighted by Crippen LogP contribution is -2.11. The molecule has 0 atom stereocenters. The lowest BCUT2D eigenvalue weighted by Gasteiger charge is -2.11. The Morgan fingerprint density at radius 2 is 1.55 bits per heavy atom. The molecule has 0 bridgehead atoms. The van der Waals surface area contributed by atoms with E-state index in [0.717, 1.165) is 0 Å². The molecule has 0 aromatic heterocycles. The van der Waals surface area contributed by atoms with Crippen molar-refractivity contribution in [2.75, 3.05) is 13.7 Å². The van der Waals surface area contributed by atoms with Crippen molar-refractivity contribution in [1.82, 2.24) is 0 Å². The summed E-state index contributed by atoms with van der Waals surface area (Å²) in [5.41, 5.74) is 0.376. The maximum Gasteiger partial charge on any atom is 0.347 e. The molecule has 0 fully saturated rings. The fraction of sp³-hybridized carbons (Fsp3) is 0.188. The van der Waals surface area contributed by atoms with E-state index in [1.54, 1.807) is 42.5 Å². The average Bonchev–Trinajstić information content (AvgIpc) is 2.49. The topological polar surface area (TPSA) is 44.8 Å². The number of hydrogen-bond acceptors (Lipinski definition) is 4. The van der Waals surface area contributed by atoms with Crippen LogP contribution in [-0.2, 0) is 0 Å². The normalized spacial score (nSPS) is 9.90. The van der Waals surface area contributed by atoms with Gasteiger partial charge in [-0.15, -0.1) is 0 Å². The summed E-state index contributed by atoms with van der Waals surface area (Å²) in [6.45, 7) is 2.38. The number of para-hydroxylation sites is 3. The van der Waals surface area contributed by atoms with Crippen LogP contribution in [-0.4, -0.2) is 19.7 Å². The van der Waals surface area contributed by atoms with Crippen molar-refractivity contribution in [3.05, 3.63) is 54.1 Å². The van der Waals surface area contributed by atoms with Crippen molar-refractivity contribution in [2.24, 2.45) is 0 Å². The summed E-state index contributed by atoms with van der Waals surface area (Å²) >= 11 is 0. The second-order valence-electron chi connectivity index (χ2n) is 3.97. The standard InChI is InChI=1S/C16H16O4/c1-3-19-14-10-6-7-11-15(14)20-16(17)12-8-4-5-9-13(12)18-2/h4-11H,3H2,1-2H3. The van der Waals surface area contributed by atoms with Gasteiger partial charge in [0.15, 0.2) is 11.5 Å². The maximum atomic E-state index is 12.2. The lowest BCUT2D eigenvalue weighted by molar-refractivity contribution is 0.0725. The SMILES string of the molecule is CCOc1ccccc1OC(=O)c1ccccc1OC. The first kappa shape index (κ1) is 13.9. The second-order valence-corrected chi connectivity index (χ2v) is 3.97. The first-order valence-electron chi connectivity index (χ1n) is 6.33. The van der Waals surface area contributed by atoms with Gasteiger partial charge in [0.05, 0.1) is 13.7 Å². The van der Waals surface area contributed by atoms with Crippen LogP contribution in [0.4, 0.5) is 0 Å². The Hall–Kier alpha value is -2.49. The molecule has 20 heavy (non-hydrogen) atoms. The molecule has 0 spiro atoms. The summed E-state index contributed by atoms with van der Waals surface area (Å²) in [5.74, 6) is 0.935. The zero-order valence-corrected chi connectivity index (χ0v) is 11.5. The van der Waals surface area contributed by atoms with Crippen LogP contribution < -0.4 is 14.2 Å². The van der Waals surface area contributed by atoms with Gasteiger partial charge in [0, 0.05) is 0 Å². The van der Waals surface area contributed by atoms with Gasteiger partial charge in [0.2, 0.25) is 0 Å². The molecule has 0 unspecified atom stereocenters. The van der Waals surface area contributed by atoms with Crippen molar-refractivity contribution in [3.8, 4) is 17.2 Å². The number of carbonyl (C=O) groups excluding carboxylic acids is 1. The molecule has 0 heterocycles. The minimum Gasteiger partial charge on any atom is -0.496 e. The molecular formula is C16H16O4. The van der Waals surface area contributed by atoms with Crippen LogP contribution in [0.1, 0.15) is 17.3 Å². The first-order valence-corrected chi connectivity index (χ1v) is 6.33. The van der Waals surface area contributed by atoms with Gasteiger partial charge in [-0.3, -0.25) is 0 Å². The Kier molecular flexibility index (Phi) is 4.60. The number of hydrogen-bond donors (Lipinski definition) is 0. The minimum atomic E-state index is -0.477. The molecular weight excluding hydrogens is 256 g/mol. The summed E-state index contributed by atoms with van der Waals surface area (Å²) in [7, 11) is 1.51. The van der Waals surface area contributed by atoms with Crippen LogP contribution in [0, 0.1) is 0 Å². The molecule has 0 amide bonds. The molecule has 0 aliphatic carbocycles. The molecule has 0 radical (unpaired) electrons. The fourth-order valence-electron chi connectivity index (χ4n) is 1.78. The Balaban J connectivity index is 2.24. The summed E-state index contributed by atoms with van der Waals surface area (Å²) in [5, 5.41) is 0. The number of methoxy groups -OCH3 is 1. The van der Waals surface area contributed by atoms with Gasteiger partial charge < -0.3 is 14.2 Å². The molecule has 104 valence electrons. The Morgan fingerprint density at radius 3 is 2.20 bits per heavy atom. The van der Waals surface area contributed by atoms with Crippen molar-refractivity contribution in [1.29, 1.82) is 0 Å². The summed E-state index contributed by atoms with van der Waals surface area (Å²) < 4.78 is 16.0. The molecule has 4 nitrogen and oxygen atoms in total. The Labute approximate surface area is 117 Å². The molecule has 0 saturated carbocycles. The van der Waals surface area contributed by atoms with E-state index < -0.39 is 5.97 Å². The zero-order chi connectivity index (χ0) is 14.4.